The summed E-state index contributed by atoms with van der Waals surface area (Å²) in [6.45, 7) is 0. The lowest BCUT2D eigenvalue weighted by Gasteiger charge is -2.08. The molecule has 1 rings (SSSR count). The second kappa shape index (κ2) is 5.76. The SMILES string of the molecule is O=CCCCC(Cl)c1ccc(F)cc1. The van der Waals surface area contributed by atoms with E-state index in [1.807, 2.05) is 0 Å². The molecule has 0 spiro atoms. The van der Waals surface area contributed by atoms with Gasteiger partial charge in [0.1, 0.15) is 12.1 Å². The van der Waals surface area contributed by atoms with Crippen LogP contribution in [0.15, 0.2) is 24.3 Å². The molecule has 1 unspecified atom stereocenters. The van der Waals surface area contributed by atoms with Gasteiger partial charge in [-0.15, -0.1) is 11.6 Å². The van der Waals surface area contributed by atoms with E-state index in [4.69, 9.17) is 11.6 Å². The van der Waals surface area contributed by atoms with E-state index in [2.05, 4.69) is 0 Å². The molecule has 0 aliphatic heterocycles. The van der Waals surface area contributed by atoms with Crippen molar-refractivity contribution < 1.29 is 9.18 Å². The molecule has 0 saturated heterocycles. The summed E-state index contributed by atoms with van der Waals surface area (Å²) in [6, 6.07) is 6.14. The average Bonchev–Trinajstić information content (AvgIpc) is 2.19. The third-order valence-electron chi connectivity index (χ3n) is 2.01. The Hall–Kier alpha value is -0.890. The monoisotopic (exact) mass is 214 g/mol. The zero-order chi connectivity index (χ0) is 10.4. The Balaban J connectivity index is 2.47. The van der Waals surface area contributed by atoms with Gasteiger partial charge in [-0.05, 0) is 30.5 Å². The molecule has 0 bridgehead atoms. The fourth-order valence-corrected chi connectivity index (χ4v) is 1.52. The van der Waals surface area contributed by atoms with Crippen LogP contribution in [0.1, 0.15) is 30.2 Å². The first kappa shape index (κ1) is 11.2. The molecule has 0 fully saturated rings. The Kier molecular flexibility index (Phi) is 4.60. The van der Waals surface area contributed by atoms with E-state index in [0.29, 0.717) is 6.42 Å². The van der Waals surface area contributed by atoms with Gasteiger partial charge in [0.15, 0.2) is 0 Å². The predicted molar refractivity (Wildman–Crippen MR) is 54.9 cm³/mol. The van der Waals surface area contributed by atoms with E-state index in [9.17, 15) is 9.18 Å². The van der Waals surface area contributed by atoms with E-state index in [1.54, 1.807) is 12.1 Å². The van der Waals surface area contributed by atoms with Crippen molar-refractivity contribution >= 4 is 17.9 Å². The number of hydrogen-bond acceptors (Lipinski definition) is 1. The van der Waals surface area contributed by atoms with Crippen molar-refractivity contribution in [3.63, 3.8) is 0 Å². The van der Waals surface area contributed by atoms with E-state index >= 15 is 0 Å². The van der Waals surface area contributed by atoms with Crippen molar-refractivity contribution in [2.24, 2.45) is 0 Å². The summed E-state index contributed by atoms with van der Waals surface area (Å²) in [5, 5.41) is -0.129. The largest absolute Gasteiger partial charge is 0.303 e. The van der Waals surface area contributed by atoms with Crippen molar-refractivity contribution in [1.29, 1.82) is 0 Å². The standard InChI is InChI=1S/C11H12ClFO/c12-11(3-1-2-8-14)9-4-6-10(13)7-5-9/h4-8,11H,1-3H2. The number of rotatable bonds is 5. The van der Waals surface area contributed by atoms with Crippen molar-refractivity contribution in [1.82, 2.24) is 0 Å². The van der Waals surface area contributed by atoms with E-state index in [1.165, 1.54) is 12.1 Å². The molecule has 0 aliphatic carbocycles. The number of alkyl halides is 1. The highest BCUT2D eigenvalue weighted by Crippen LogP contribution is 2.25. The predicted octanol–water partition coefficient (Wildman–Crippen LogP) is 3.47. The van der Waals surface area contributed by atoms with Crippen LogP contribution < -0.4 is 0 Å². The van der Waals surface area contributed by atoms with Crippen LogP contribution >= 0.6 is 11.6 Å². The van der Waals surface area contributed by atoms with Crippen molar-refractivity contribution in [2.45, 2.75) is 24.6 Å². The van der Waals surface area contributed by atoms with Crippen LogP contribution in [0.25, 0.3) is 0 Å². The van der Waals surface area contributed by atoms with Gasteiger partial charge < -0.3 is 4.79 Å². The minimum absolute atomic E-state index is 0.129. The summed E-state index contributed by atoms with van der Waals surface area (Å²) in [5.74, 6) is -0.259. The van der Waals surface area contributed by atoms with Crippen LogP contribution in [0.4, 0.5) is 4.39 Å². The smallest absolute Gasteiger partial charge is 0.123 e. The summed E-state index contributed by atoms with van der Waals surface area (Å²) >= 11 is 6.06. The van der Waals surface area contributed by atoms with E-state index in [-0.39, 0.29) is 11.2 Å². The number of halogens is 2. The second-order valence-corrected chi connectivity index (χ2v) is 3.64. The van der Waals surface area contributed by atoms with Gasteiger partial charge in [-0.1, -0.05) is 12.1 Å². The molecular weight excluding hydrogens is 203 g/mol. The third-order valence-corrected chi connectivity index (χ3v) is 2.48. The summed E-state index contributed by atoms with van der Waals surface area (Å²) in [4.78, 5) is 10.1. The first-order chi connectivity index (χ1) is 6.74. The van der Waals surface area contributed by atoms with Crippen LogP contribution in [0.3, 0.4) is 0 Å². The van der Waals surface area contributed by atoms with Crippen molar-refractivity contribution in [3.05, 3.63) is 35.6 Å². The molecule has 0 aromatic heterocycles. The molecule has 1 aromatic rings. The minimum Gasteiger partial charge on any atom is -0.303 e. The maximum Gasteiger partial charge on any atom is 0.123 e. The lowest BCUT2D eigenvalue weighted by atomic mass is 10.1. The summed E-state index contributed by atoms with van der Waals surface area (Å²) in [7, 11) is 0. The highest BCUT2D eigenvalue weighted by atomic mass is 35.5. The Morgan fingerprint density at radius 3 is 2.57 bits per heavy atom. The zero-order valence-corrected chi connectivity index (χ0v) is 8.51. The van der Waals surface area contributed by atoms with Gasteiger partial charge in [0, 0.05) is 6.42 Å². The van der Waals surface area contributed by atoms with Crippen molar-refractivity contribution in [2.75, 3.05) is 0 Å². The van der Waals surface area contributed by atoms with Crippen LogP contribution in [0.2, 0.25) is 0 Å². The summed E-state index contributed by atoms with van der Waals surface area (Å²) < 4.78 is 12.6. The highest BCUT2D eigenvalue weighted by molar-refractivity contribution is 6.20. The highest BCUT2D eigenvalue weighted by Gasteiger charge is 2.06. The molecule has 0 radical (unpaired) electrons. The van der Waals surface area contributed by atoms with Gasteiger partial charge in [-0.2, -0.15) is 0 Å². The number of unbranched alkanes of at least 4 members (excludes halogenated alkanes) is 1. The topological polar surface area (TPSA) is 17.1 Å². The second-order valence-electron chi connectivity index (χ2n) is 3.12. The van der Waals surface area contributed by atoms with Gasteiger partial charge in [0.05, 0.1) is 5.38 Å². The number of carbonyl (C=O) groups is 1. The first-order valence-corrected chi connectivity index (χ1v) is 5.01. The molecule has 0 heterocycles. The van der Waals surface area contributed by atoms with Gasteiger partial charge in [-0.25, -0.2) is 4.39 Å². The molecule has 0 N–H and O–H groups in total. The van der Waals surface area contributed by atoms with Crippen LogP contribution in [0.5, 0.6) is 0 Å². The molecule has 0 saturated carbocycles. The Labute approximate surface area is 87.9 Å². The molecule has 3 heteroatoms. The fraction of sp³-hybridized carbons (Fsp3) is 0.364. The van der Waals surface area contributed by atoms with Gasteiger partial charge in [0.25, 0.3) is 0 Å². The van der Waals surface area contributed by atoms with Crippen LogP contribution in [0, 0.1) is 5.82 Å². The lowest BCUT2D eigenvalue weighted by molar-refractivity contribution is -0.107. The minimum atomic E-state index is -0.259. The maximum atomic E-state index is 12.6. The summed E-state index contributed by atoms with van der Waals surface area (Å²) in [5.41, 5.74) is 0.902. The summed E-state index contributed by atoms with van der Waals surface area (Å²) in [6.07, 6.45) is 2.93. The van der Waals surface area contributed by atoms with Crippen LogP contribution in [-0.4, -0.2) is 6.29 Å². The Bertz CT molecular complexity index is 284. The van der Waals surface area contributed by atoms with Crippen LogP contribution in [-0.2, 0) is 4.79 Å². The van der Waals surface area contributed by atoms with Gasteiger partial charge >= 0.3 is 0 Å². The van der Waals surface area contributed by atoms with Gasteiger partial charge in [-0.3, -0.25) is 0 Å². The Morgan fingerprint density at radius 2 is 2.00 bits per heavy atom. The molecule has 1 nitrogen and oxygen atoms in total. The first-order valence-electron chi connectivity index (χ1n) is 4.57. The fourth-order valence-electron chi connectivity index (χ4n) is 1.22. The quantitative estimate of drug-likeness (QED) is 0.417. The van der Waals surface area contributed by atoms with Crippen molar-refractivity contribution in [3.8, 4) is 0 Å². The molecular formula is C11H12ClFO. The van der Waals surface area contributed by atoms with E-state index < -0.39 is 0 Å². The lowest BCUT2D eigenvalue weighted by Crippen LogP contribution is -1.91. The average molecular weight is 215 g/mol. The molecule has 1 aromatic carbocycles. The van der Waals surface area contributed by atoms with Gasteiger partial charge in [0.2, 0.25) is 0 Å². The number of hydrogen-bond donors (Lipinski definition) is 0. The molecule has 14 heavy (non-hydrogen) atoms. The number of benzene rings is 1. The molecule has 0 amide bonds. The Morgan fingerprint density at radius 1 is 1.36 bits per heavy atom. The molecule has 0 aliphatic rings. The molecule has 76 valence electrons. The molecule has 1 atom stereocenters. The third kappa shape index (κ3) is 3.46. The maximum absolute atomic E-state index is 12.6. The normalized spacial score (nSPS) is 12.4. The zero-order valence-electron chi connectivity index (χ0n) is 7.75. The number of carbonyl (C=O) groups excluding carboxylic acids is 1. The van der Waals surface area contributed by atoms with E-state index in [0.717, 1.165) is 24.7 Å². The number of aldehydes is 1.